The van der Waals surface area contributed by atoms with Crippen molar-refractivity contribution in [2.24, 2.45) is 0 Å². The largest absolute Gasteiger partial charge is 0.341 e. The van der Waals surface area contributed by atoms with Crippen molar-refractivity contribution in [2.75, 3.05) is 7.05 Å². The average molecular weight is 157 g/mol. The van der Waals surface area contributed by atoms with E-state index in [1.54, 1.807) is 0 Å². The average Bonchev–Trinajstić information content (AvgIpc) is 2.21. The van der Waals surface area contributed by atoms with E-state index in [-0.39, 0.29) is 11.4 Å². The molecule has 0 aromatic carbocycles. The summed E-state index contributed by atoms with van der Waals surface area (Å²) in [6.07, 6.45) is 1.73. The van der Waals surface area contributed by atoms with E-state index < -0.39 is 0 Å². The second kappa shape index (κ2) is 3.74. The molecule has 2 nitrogen and oxygen atoms in total. The highest BCUT2D eigenvalue weighted by Gasteiger charge is 2.34. The van der Waals surface area contributed by atoms with Crippen molar-refractivity contribution in [1.29, 1.82) is 0 Å². The molecule has 0 aromatic rings. The third-order valence-corrected chi connectivity index (χ3v) is 2.23. The molecule has 1 amide bonds. The molecule has 66 valence electrons. The van der Waals surface area contributed by atoms with Crippen LogP contribution in [0.25, 0.3) is 0 Å². The summed E-state index contributed by atoms with van der Waals surface area (Å²) in [5.41, 5.74) is 0.108. The van der Waals surface area contributed by atoms with Crippen LogP contribution in [0.4, 0.5) is 0 Å². The zero-order valence-electron chi connectivity index (χ0n) is 8.27. The molecule has 1 aliphatic heterocycles. The summed E-state index contributed by atoms with van der Waals surface area (Å²) in [6.45, 7) is 8.19. The van der Waals surface area contributed by atoms with Gasteiger partial charge >= 0.3 is 0 Å². The van der Waals surface area contributed by atoms with Crippen LogP contribution in [0.2, 0.25) is 0 Å². The number of hydrogen-bond acceptors (Lipinski definition) is 1. The van der Waals surface area contributed by atoms with Crippen molar-refractivity contribution in [2.45, 2.75) is 46.1 Å². The predicted octanol–water partition coefficient (Wildman–Crippen LogP) is 2.04. The third-order valence-electron chi connectivity index (χ3n) is 2.23. The van der Waals surface area contributed by atoms with E-state index >= 15 is 0 Å². The molecule has 2 heteroatoms. The molecule has 0 atom stereocenters. The Morgan fingerprint density at radius 1 is 1.36 bits per heavy atom. The summed E-state index contributed by atoms with van der Waals surface area (Å²) in [6, 6.07) is 0. The van der Waals surface area contributed by atoms with Gasteiger partial charge in [0, 0.05) is 19.0 Å². The van der Waals surface area contributed by atoms with Gasteiger partial charge in [0.15, 0.2) is 0 Å². The summed E-state index contributed by atoms with van der Waals surface area (Å²) in [5, 5.41) is 0. The fraction of sp³-hybridized carbons (Fsp3) is 0.889. The zero-order valence-corrected chi connectivity index (χ0v) is 8.27. The van der Waals surface area contributed by atoms with Gasteiger partial charge in [0.2, 0.25) is 5.91 Å². The van der Waals surface area contributed by atoms with Crippen molar-refractivity contribution in [3.8, 4) is 0 Å². The van der Waals surface area contributed by atoms with Crippen molar-refractivity contribution < 1.29 is 4.79 Å². The molecule has 0 spiro atoms. The van der Waals surface area contributed by atoms with Gasteiger partial charge in [-0.25, -0.2) is 0 Å². The minimum absolute atomic E-state index is 0.108. The standard InChI is InChI=1S/C7H13NO.C2H6/c1-7(2)5-4-6(9)8(7)3;1-2/h4-5H2,1-3H3;1-2H3. The van der Waals surface area contributed by atoms with Crippen molar-refractivity contribution in [3.05, 3.63) is 0 Å². The highest BCUT2D eigenvalue weighted by Crippen LogP contribution is 2.26. The number of nitrogens with zero attached hydrogens (tertiary/aromatic N) is 1. The van der Waals surface area contributed by atoms with Crippen LogP contribution in [0.15, 0.2) is 0 Å². The normalized spacial score (nSPS) is 21.2. The Labute approximate surface area is 69.6 Å². The molecule has 1 aliphatic rings. The van der Waals surface area contributed by atoms with Gasteiger partial charge in [-0.2, -0.15) is 0 Å². The molecular formula is C9H19NO. The Hall–Kier alpha value is -0.530. The lowest BCUT2D eigenvalue weighted by molar-refractivity contribution is -0.128. The zero-order chi connectivity index (χ0) is 9.07. The first-order valence-corrected chi connectivity index (χ1v) is 4.31. The summed E-state index contributed by atoms with van der Waals surface area (Å²) in [5.74, 6) is 0.278. The highest BCUT2D eigenvalue weighted by molar-refractivity contribution is 5.79. The molecule has 1 fully saturated rings. The molecule has 1 heterocycles. The quantitative estimate of drug-likeness (QED) is 0.527. The Bertz CT molecular complexity index is 140. The van der Waals surface area contributed by atoms with Gasteiger partial charge in [-0.15, -0.1) is 0 Å². The van der Waals surface area contributed by atoms with Crippen LogP contribution in [0.1, 0.15) is 40.5 Å². The highest BCUT2D eigenvalue weighted by atomic mass is 16.2. The smallest absolute Gasteiger partial charge is 0.222 e. The van der Waals surface area contributed by atoms with Crippen LogP contribution in [-0.4, -0.2) is 23.4 Å². The van der Waals surface area contributed by atoms with Crippen LogP contribution < -0.4 is 0 Å². The van der Waals surface area contributed by atoms with Crippen LogP contribution in [0.3, 0.4) is 0 Å². The molecule has 0 aliphatic carbocycles. The molecule has 0 radical (unpaired) electrons. The molecule has 0 bridgehead atoms. The molecule has 11 heavy (non-hydrogen) atoms. The number of hydrogen-bond donors (Lipinski definition) is 0. The number of carbonyl (C=O) groups is 1. The summed E-state index contributed by atoms with van der Waals surface area (Å²) in [4.78, 5) is 12.7. The van der Waals surface area contributed by atoms with Crippen molar-refractivity contribution in [1.82, 2.24) is 4.90 Å². The number of amides is 1. The van der Waals surface area contributed by atoms with Gasteiger partial charge < -0.3 is 4.90 Å². The van der Waals surface area contributed by atoms with E-state index in [1.165, 1.54) is 0 Å². The molecule has 0 unspecified atom stereocenters. The molecule has 0 aromatic heterocycles. The molecule has 1 rings (SSSR count). The van der Waals surface area contributed by atoms with Crippen LogP contribution in [0.5, 0.6) is 0 Å². The summed E-state index contributed by atoms with van der Waals surface area (Å²) >= 11 is 0. The Balaban J connectivity index is 0.000000461. The maximum absolute atomic E-state index is 10.9. The first-order valence-electron chi connectivity index (χ1n) is 4.31. The maximum atomic E-state index is 10.9. The van der Waals surface area contributed by atoms with Gasteiger partial charge in [-0.05, 0) is 20.3 Å². The predicted molar refractivity (Wildman–Crippen MR) is 47.4 cm³/mol. The molecule has 0 saturated carbocycles. The van der Waals surface area contributed by atoms with Crippen LogP contribution in [0, 0.1) is 0 Å². The fourth-order valence-corrected chi connectivity index (χ4v) is 1.09. The Kier molecular flexibility index (Phi) is 3.56. The van der Waals surface area contributed by atoms with E-state index in [9.17, 15) is 4.79 Å². The lowest BCUT2D eigenvalue weighted by Gasteiger charge is -2.27. The van der Waals surface area contributed by atoms with E-state index in [0.29, 0.717) is 0 Å². The van der Waals surface area contributed by atoms with E-state index in [4.69, 9.17) is 0 Å². The van der Waals surface area contributed by atoms with E-state index in [0.717, 1.165) is 12.8 Å². The van der Waals surface area contributed by atoms with Crippen molar-refractivity contribution in [3.63, 3.8) is 0 Å². The molecule has 0 N–H and O–H groups in total. The van der Waals surface area contributed by atoms with Crippen LogP contribution >= 0.6 is 0 Å². The first-order chi connectivity index (χ1) is 5.04. The summed E-state index contributed by atoms with van der Waals surface area (Å²) in [7, 11) is 1.87. The monoisotopic (exact) mass is 157 g/mol. The Morgan fingerprint density at radius 3 is 1.91 bits per heavy atom. The Morgan fingerprint density at radius 2 is 1.82 bits per heavy atom. The first kappa shape index (κ1) is 10.5. The van der Waals surface area contributed by atoms with E-state index in [2.05, 4.69) is 13.8 Å². The molecular weight excluding hydrogens is 138 g/mol. The minimum Gasteiger partial charge on any atom is -0.341 e. The van der Waals surface area contributed by atoms with Gasteiger partial charge in [-0.1, -0.05) is 13.8 Å². The number of carbonyl (C=O) groups excluding carboxylic acids is 1. The topological polar surface area (TPSA) is 20.3 Å². The minimum atomic E-state index is 0.108. The fourth-order valence-electron chi connectivity index (χ4n) is 1.09. The second-order valence-electron chi connectivity index (χ2n) is 3.27. The second-order valence-corrected chi connectivity index (χ2v) is 3.27. The lowest BCUT2D eigenvalue weighted by Crippen LogP contribution is -2.36. The summed E-state index contributed by atoms with van der Waals surface area (Å²) < 4.78 is 0. The lowest BCUT2D eigenvalue weighted by atomic mass is 10.0. The van der Waals surface area contributed by atoms with Crippen LogP contribution in [-0.2, 0) is 4.79 Å². The van der Waals surface area contributed by atoms with Crippen molar-refractivity contribution >= 4 is 5.91 Å². The van der Waals surface area contributed by atoms with Gasteiger partial charge in [-0.3, -0.25) is 4.79 Å². The SMILES string of the molecule is CC.CN1C(=O)CCC1(C)C. The number of rotatable bonds is 0. The van der Waals surface area contributed by atoms with Gasteiger partial charge in [0.25, 0.3) is 0 Å². The van der Waals surface area contributed by atoms with E-state index in [1.807, 2.05) is 25.8 Å². The molecule has 1 saturated heterocycles. The van der Waals surface area contributed by atoms with Gasteiger partial charge in [0.1, 0.15) is 0 Å². The number of likely N-dealkylation sites (tertiary alicyclic amines) is 1. The third kappa shape index (κ3) is 2.21. The maximum Gasteiger partial charge on any atom is 0.222 e. The van der Waals surface area contributed by atoms with Gasteiger partial charge in [0.05, 0.1) is 0 Å².